The van der Waals surface area contributed by atoms with Gasteiger partial charge in [0.25, 0.3) is 5.91 Å². The first kappa shape index (κ1) is 11.3. The predicted octanol–water partition coefficient (Wildman–Crippen LogP) is 2.32. The lowest BCUT2D eigenvalue weighted by Gasteiger charge is -2.04. The third-order valence-corrected chi connectivity index (χ3v) is 2.47. The Kier molecular flexibility index (Phi) is 3.50. The van der Waals surface area contributed by atoms with Crippen LogP contribution in [0.4, 0.5) is 0 Å². The number of nitrogens with zero attached hydrogens (tertiary/aromatic N) is 1. The fourth-order valence-corrected chi connectivity index (χ4v) is 1.48. The van der Waals surface area contributed by atoms with Crippen LogP contribution in [0.1, 0.15) is 21.6 Å². The van der Waals surface area contributed by atoms with Crippen molar-refractivity contribution in [1.29, 1.82) is 0 Å². The highest BCUT2D eigenvalue weighted by Gasteiger charge is 2.04. The lowest BCUT2D eigenvalue weighted by atomic mass is 10.1. The summed E-state index contributed by atoms with van der Waals surface area (Å²) in [6, 6.07) is 13.4. The molecule has 0 unspecified atom stereocenters. The van der Waals surface area contributed by atoms with Crippen molar-refractivity contribution in [2.45, 2.75) is 13.5 Å². The van der Waals surface area contributed by atoms with E-state index in [-0.39, 0.29) is 5.91 Å². The Bertz CT molecular complexity index is 491. The second-order valence-corrected chi connectivity index (χ2v) is 3.88. The monoisotopic (exact) mass is 226 g/mol. The van der Waals surface area contributed by atoms with Crippen molar-refractivity contribution in [1.82, 2.24) is 10.3 Å². The van der Waals surface area contributed by atoms with Crippen LogP contribution in [0.15, 0.2) is 48.7 Å². The van der Waals surface area contributed by atoms with Crippen molar-refractivity contribution < 1.29 is 4.79 Å². The molecule has 0 atom stereocenters. The summed E-state index contributed by atoms with van der Waals surface area (Å²) in [5, 5.41) is 2.83. The number of hydrogen-bond acceptors (Lipinski definition) is 2. The van der Waals surface area contributed by atoms with E-state index >= 15 is 0 Å². The summed E-state index contributed by atoms with van der Waals surface area (Å²) < 4.78 is 0. The fraction of sp³-hybridized carbons (Fsp3) is 0.143. The molecule has 0 saturated heterocycles. The molecule has 0 spiro atoms. The standard InChI is InChI=1S/C14H14N2O/c1-11-5-7-12(8-6-11)10-16-14(17)13-4-2-3-9-15-13/h2-9H,10H2,1H3,(H,16,17). The molecule has 1 amide bonds. The van der Waals surface area contributed by atoms with E-state index in [0.29, 0.717) is 12.2 Å². The normalized spacial score (nSPS) is 9.94. The summed E-state index contributed by atoms with van der Waals surface area (Å²) in [5.41, 5.74) is 2.74. The SMILES string of the molecule is Cc1ccc(CNC(=O)c2ccccn2)cc1. The van der Waals surface area contributed by atoms with Gasteiger partial charge in [0.05, 0.1) is 0 Å². The topological polar surface area (TPSA) is 42.0 Å². The Morgan fingerprint density at radius 3 is 2.59 bits per heavy atom. The maximum absolute atomic E-state index is 11.7. The van der Waals surface area contributed by atoms with E-state index in [9.17, 15) is 4.79 Å². The Labute approximate surface area is 101 Å². The minimum absolute atomic E-state index is 0.147. The Balaban J connectivity index is 1.95. The number of aryl methyl sites for hydroxylation is 1. The van der Waals surface area contributed by atoms with Crippen LogP contribution in [-0.2, 0) is 6.54 Å². The first-order valence-electron chi connectivity index (χ1n) is 5.50. The number of rotatable bonds is 3. The smallest absolute Gasteiger partial charge is 0.270 e. The quantitative estimate of drug-likeness (QED) is 0.872. The first-order valence-corrected chi connectivity index (χ1v) is 5.50. The number of pyridine rings is 1. The van der Waals surface area contributed by atoms with Gasteiger partial charge < -0.3 is 5.32 Å². The van der Waals surface area contributed by atoms with Gasteiger partial charge in [-0.3, -0.25) is 9.78 Å². The third-order valence-electron chi connectivity index (χ3n) is 2.47. The van der Waals surface area contributed by atoms with E-state index in [0.717, 1.165) is 5.56 Å². The summed E-state index contributed by atoms with van der Waals surface area (Å²) in [5.74, 6) is -0.147. The molecule has 0 fully saturated rings. The van der Waals surface area contributed by atoms with E-state index in [1.807, 2.05) is 31.2 Å². The van der Waals surface area contributed by atoms with E-state index in [1.165, 1.54) is 5.56 Å². The molecule has 0 radical (unpaired) electrons. The second kappa shape index (κ2) is 5.25. The van der Waals surface area contributed by atoms with Crippen LogP contribution in [0.2, 0.25) is 0 Å². The van der Waals surface area contributed by atoms with Crippen LogP contribution < -0.4 is 5.32 Å². The molecule has 1 heterocycles. The molecular weight excluding hydrogens is 212 g/mol. The van der Waals surface area contributed by atoms with Crippen LogP contribution in [-0.4, -0.2) is 10.9 Å². The molecule has 17 heavy (non-hydrogen) atoms. The Hall–Kier alpha value is -2.16. The van der Waals surface area contributed by atoms with E-state index in [1.54, 1.807) is 24.4 Å². The summed E-state index contributed by atoms with van der Waals surface area (Å²) in [6.45, 7) is 2.56. The van der Waals surface area contributed by atoms with E-state index < -0.39 is 0 Å². The number of amides is 1. The lowest BCUT2D eigenvalue weighted by molar-refractivity contribution is 0.0946. The zero-order valence-electron chi connectivity index (χ0n) is 9.68. The van der Waals surface area contributed by atoms with Crippen molar-refractivity contribution in [3.05, 3.63) is 65.5 Å². The van der Waals surface area contributed by atoms with E-state index in [4.69, 9.17) is 0 Å². The highest BCUT2D eigenvalue weighted by molar-refractivity contribution is 5.92. The van der Waals surface area contributed by atoms with Crippen LogP contribution in [0.25, 0.3) is 0 Å². The minimum Gasteiger partial charge on any atom is -0.347 e. The zero-order chi connectivity index (χ0) is 12.1. The van der Waals surface area contributed by atoms with Crippen LogP contribution >= 0.6 is 0 Å². The predicted molar refractivity (Wildman–Crippen MR) is 66.6 cm³/mol. The Morgan fingerprint density at radius 2 is 1.94 bits per heavy atom. The van der Waals surface area contributed by atoms with Crippen LogP contribution in [0.3, 0.4) is 0 Å². The summed E-state index contributed by atoms with van der Waals surface area (Å²) >= 11 is 0. The second-order valence-electron chi connectivity index (χ2n) is 3.88. The molecule has 1 aromatic heterocycles. The van der Waals surface area contributed by atoms with Crippen molar-refractivity contribution in [2.24, 2.45) is 0 Å². The van der Waals surface area contributed by atoms with E-state index in [2.05, 4.69) is 10.3 Å². The van der Waals surface area contributed by atoms with Gasteiger partial charge in [-0.2, -0.15) is 0 Å². The van der Waals surface area contributed by atoms with Gasteiger partial charge in [-0.1, -0.05) is 35.9 Å². The number of nitrogens with one attached hydrogen (secondary N) is 1. The van der Waals surface area contributed by atoms with Crippen molar-refractivity contribution in [3.8, 4) is 0 Å². The number of benzene rings is 1. The largest absolute Gasteiger partial charge is 0.347 e. The van der Waals surface area contributed by atoms with Crippen molar-refractivity contribution in [3.63, 3.8) is 0 Å². The van der Waals surface area contributed by atoms with Crippen molar-refractivity contribution >= 4 is 5.91 Å². The Morgan fingerprint density at radius 1 is 1.18 bits per heavy atom. The van der Waals surface area contributed by atoms with Crippen molar-refractivity contribution in [2.75, 3.05) is 0 Å². The summed E-state index contributed by atoms with van der Waals surface area (Å²) in [7, 11) is 0. The van der Waals surface area contributed by atoms with Gasteiger partial charge in [-0.15, -0.1) is 0 Å². The minimum atomic E-state index is -0.147. The average molecular weight is 226 g/mol. The number of carbonyl (C=O) groups is 1. The summed E-state index contributed by atoms with van der Waals surface area (Å²) in [6.07, 6.45) is 1.61. The molecule has 1 aromatic carbocycles. The first-order chi connectivity index (χ1) is 8.25. The van der Waals surface area contributed by atoms with Gasteiger partial charge in [-0.05, 0) is 24.6 Å². The molecule has 2 rings (SSSR count). The molecule has 0 saturated carbocycles. The van der Waals surface area contributed by atoms with Gasteiger partial charge >= 0.3 is 0 Å². The molecule has 0 aliphatic rings. The van der Waals surface area contributed by atoms with Gasteiger partial charge in [0.15, 0.2) is 0 Å². The van der Waals surface area contributed by atoms with Crippen LogP contribution in [0, 0.1) is 6.92 Å². The average Bonchev–Trinajstić information content (AvgIpc) is 2.39. The zero-order valence-corrected chi connectivity index (χ0v) is 9.68. The molecular formula is C14H14N2O. The van der Waals surface area contributed by atoms with Gasteiger partial charge in [0.2, 0.25) is 0 Å². The van der Waals surface area contributed by atoms with Gasteiger partial charge in [0.1, 0.15) is 5.69 Å². The molecule has 3 nitrogen and oxygen atoms in total. The summed E-state index contributed by atoms with van der Waals surface area (Å²) in [4.78, 5) is 15.7. The number of hydrogen-bond donors (Lipinski definition) is 1. The third kappa shape index (κ3) is 3.14. The molecule has 0 bridgehead atoms. The molecule has 1 N–H and O–H groups in total. The van der Waals surface area contributed by atoms with Gasteiger partial charge in [0, 0.05) is 12.7 Å². The molecule has 3 heteroatoms. The number of carbonyl (C=O) groups excluding carboxylic acids is 1. The lowest BCUT2D eigenvalue weighted by Crippen LogP contribution is -2.23. The fourth-order valence-electron chi connectivity index (χ4n) is 1.48. The highest BCUT2D eigenvalue weighted by Crippen LogP contribution is 2.03. The molecule has 0 aliphatic carbocycles. The van der Waals surface area contributed by atoms with Gasteiger partial charge in [-0.25, -0.2) is 0 Å². The maximum Gasteiger partial charge on any atom is 0.270 e. The highest BCUT2D eigenvalue weighted by atomic mass is 16.1. The maximum atomic E-state index is 11.7. The molecule has 2 aromatic rings. The van der Waals surface area contributed by atoms with Crippen LogP contribution in [0.5, 0.6) is 0 Å². The molecule has 0 aliphatic heterocycles. The molecule has 86 valence electrons. The number of aromatic nitrogens is 1.